The van der Waals surface area contributed by atoms with Crippen molar-refractivity contribution in [2.75, 3.05) is 6.61 Å². The summed E-state index contributed by atoms with van der Waals surface area (Å²) >= 11 is 1.44. The van der Waals surface area contributed by atoms with Gasteiger partial charge >= 0.3 is 0 Å². The van der Waals surface area contributed by atoms with E-state index >= 15 is 0 Å². The van der Waals surface area contributed by atoms with Gasteiger partial charge in [-0.25, -0.2) is 4.98 Å². The predicted octanol–water partition coefficient (Wildman–Crippen LogP) is 3.62. The van der Waals surface area contributed by atoms with Crippen LogP contribution in [0, 0.1) is 0 Å². The van der Waals surface area contributed by atoms with Gasteiger partial charge in [-0.05, 0) is 36.2 Å². The number of amides is 1. The monoisotopic (exact) mass is 377 g/mol. The van der Waals surface area contributed by atoms with Gasteiger partial charge in [-0.15, -0.1) is 11.3 Å². The van der Waals surface area contributed by atoms with Crippen LogP contribution in [-0.2, 0) is 6.42 Å². The molecule has 0 fully saturated rings. The molecule has 0 radical (unpaired) electrons. The van der Waals surface area contributed by atoms with Crippen LogP contribution in [0.3, 0.4) is 0 Å². The molecule has 0 saturated heterocycles. The number of H-pyrrole nitrogens is 1. The minimum absolute atomic E-state index is 0.104. The lowest BCUT2D eigenvalue weighted by atomic mass is 10.1. The van der Waals surface area contributed by atoms with E-state index in [1.165, 1.54) is 11.3 Å². The third-order valence-electron chi connectivity index (χ3n) is 4.44. The van der Waals surface area contributed by atoms with Crippen molar-refractivity contribution in [3.05, 3.63) is 77.4 Å². The first-order valence-corrected chi connectivity index (χ1v) is 9.54. The summed E-state index contributed by atoms with van der Waals surface area (Å²) in [5, 5.41) is 13.6. The fourth-order valence-electron chi connectivity index (χ4n) is 3.10. The highest BCUT2D eigenvalue weighted by atomic mass is 32.1. The van der Waals surface area contributed by atoms with E-state index in [2.05, 4.69) is 15.3 Å². The van der Waals surface area contributed by atoms with E-state index in [1.807, 2.05) is 60.8 Å². The maximum absolute atomic E-state index is 12.6. The van der Waals surface area contributed by atoms with Crippen LogP contribution in [0.15, 0.2) is 67.0 Å². The molecule has 27 heavy (non-hydrogen) atoms. The zero-order valence-corrected chi connectivity index (χ0v) is 15.4. The number of carbonyl (C=O) groups is 1. The molecule has 0 aliphatic carbocycles. The lowest BCUT2D eigenvalue weighted by molar-refractivity contribution is 0.0920. The maximum atomic E-state index is 12.6. The number of hydrogen-bond acceptors (Lipinski definition) is 4. The van der Waals surface area contributed by atoms with Gasteiger partial charge in [-0.1, -0.05) is 30.3 Å². The first-order valence-electron chi connectivity index (χ1n) is 8.72. The molecule has 6 heteroatoms. The van der Waals surface area contributed by atoms with Crippen LogP contribution in [0.25, 0.3) is 21.5 Å². The highest BCUT2D eigenvalue weighted by Crippen LogP contribution is 2.32. The topological polar surface area (TPSA) is 78.0 Å². The van der Waals surface area contributed by atoms with Crippen molar-refractivity contribution >= 4 is 28.3 Å². The first-order chi connectivity index (χ1) is 13.2. The summed E-state index contributed by atoms with van der Waals surface area (Å²) in [5.74, 6) is -0.166. The van der Waals surface area contributed by atoms with Crippen LogP contribution in [0.4, 0.5) is 0 Å². The molecular formula is C21H19N3O2S. The molecule has 5 nitrogen and oxygen atoms in total. The number of nitrogens with one attached hydrogen (secondary N) is 2. The Morgan fingerprint density at radius 1 is 1.15 bits per heavy atom. The van der Waals surface area contributed by atoms with E-state index < -0.39 is 0 Å². The standard InChI is InChI=1S/C21H19N3O2S/c25-13-15(12-14-4-2-1-3-5-14)24-21(26)19-7-6-18(27-19)16-8-10-22-20-17(16)9-11-23-20/h1-11,15,25H,12-13H2,(H,22,23)(H,24,26)/t15-/m0/s1. The Labute approximate surface area is 160 Å². The Kier molecular flexibility index (Phi) is 5.00. The molecule has 1 atom stereocenters. The maximum Gasteiger partial charge on any atom is 0.261 e. The smallest absolute Gasteiger partial charge is 0.261 e. The number of aromatic amines is 1. The minimum atomic E-state index is -0.317. The molecule has 3 aromatic heterocycles. The van der Waals surface area contributed by atoms with Gasteiger partial charge in [0.25, 0.3) is 5.91 Å². The molecule has 1 amide bonds. The molecule has 0 aliphatic heterocycles. The van der Waals surface area contributed by atoms with E-state index in [0.29, 0.717) is 11.3 Å². The van der Waals surface area contributed by atoms with Crippen LogP contribution in [0.2, 0.25) is 0 Å². The fraction of sp³-hybridized carbons (Fsp3) is 0.143. The number of aromatic nitrogens is 2. The zero-order valence-electron chi connectivity index (χ0n) is 14.6. The quantitative estimate of drug-likeness (QED) is 0.480. The predicted molar refractivity (Wildman–Crippen MR) is 108 cm³/mol. The van der Waals surface area contributed by atoms with Crippen molar-refractivity contribution < 1.29 is 9.90 Å². The van der Waals surface area contributed by atoms with Gasteiger partial charge in [0, 0.05) is 28.2 Å². The Morgan fingerprint density at radius 2 is 2.00 bits per heavy atom. The second-order valence-electron chi connectivity index (χ2n) is 6.31. The number of fused-ring (bicyclic) bond motifs is 1. The molecule has 0 saturated carbocycles. The number of hydrogen-bond donors (Lipinski definition) is 3. The molecule has 3 heterocycles. The Balaban J connectivity index is 1.51. The minimum Gasteiger partial charge on any atom is -0.394 e. The number of rotatable bonds is 6. The second kappa shape index (κ2) is 7.73. The van der Waals surface area contributed by atoms with Crippen molar-refractivity contribution in [1.29, 1.82) is 0 Å². The largest absolute Gasteiger partial charge is 0.394 e. The first kappa shape index (κ1) is 17.5. The third-order valence-corrected chi connectivity index (χ3v) is 5.55. The van der Waals surface area contributed by atoms with Crippen LogP contribution in [0.5, 0.6) is 0 Å². The van der Waals surface area contributed by atoms with E-state index in [9.17, 15) is 9.90 Å². The van der Waals surface area contributed by atoms with E-state index in [0.717, 1.165) is 27.0 Å². The van der Waals surface area contributed by atoms with Gasteiger partial charge in [0.2, 0.25) is 0 Å². The summed E-state index contributed by atoms with van der Waals surface area (Å²) in [7, 11) is 0. The van der Waals surface area contributed by atoms with Gasteiger partial charge in [0.05, 0.1) is 17.5 Å². The van der Waals surface area contributed by atoms with Crippen LogP contribution in [-0.4, -0.2) is 33.6 Å². The van der Waals surface area contributed by atoms with Crippen LogP contribution >= 0.6 is 11.3 Å². The van der Waals surface area contributed by atoms with E-state index in [-0.39, 0.29) is 18.6 Å². The molecule has 1 aromatic carbocycles. The SMILES string of the molecule is O=C(N[C@H](CO)Cc1ccccc1)c1ccc(-c2ccnc3[nH]ccc23)s1. The van der Waals surface area contributed by atoms with E-state index in [4.69, 9.17) is 0 Å². The Hall–Kier alpha value is -2.96. The third kappa shape index (κ3) is 3.77. The molecule has 0 aliphatic rings. The van der Waals surface area contributed by atoms with Crippen molar-refractivity contribution in [2.45, 2.75) is 12.5 Å². The Morgan fingerprint density at radius 3 is 2.81 bits per heavy atom. The summed E-state index contributed by atoms with van der Waals surface area (Å²) in [6.07, 6.45) is 4.21. The molecule has 4 aromatic rings. The number of nitrogens with zero attached hydrogens (tertiary/aromatic N) is 1. The average molecular weight is 377 g/mol. The van der Waals surface area contributed by atoms with Gasteiger partial charge in [-0.2, -0.15) is 0 Å². The highest BCUT2D eigenvalue weighted by Gasteiger charge is 2.16. The number of aliphatic hydroxyl groups is 1. The van der Waals surface area contributed by atoms with Crippen LogP contribution in [0.1, 0.15) is 15.2 Å². The number of thiophene rings is 1. The highest BCUT2D eigenvalue weighted by molar-refractivity contribution is 7.17. The number of pyridine rings is 1. The van der Waals surface area contributed by atoms with Crippen molar-refractivity contribution in [1.82, 2.24) is 15.3 Å². The zero-order chi connectivity index (χ0) is 18.6. The lowest BCUT2D eigenvalue weighted by Gasteiger charge is -2.15. The summed E-state index contributed by atoms with van der Waals surface area (Å²) in [4.78, 5) is 21.7. The molecule has 4 rings (SSSR count). The number of carbonyl (C=O) groups excluding carboxylic acids is 1. The number of benzene rings is 1. The van der Waals surface area contributed by atoms with Crippen molar-refractivity contribution in [3.63, 3.8) is 0 Å². The number of aliphatic hydroxyl groups excluding tert-OH is 1. The summed E-state index contributed by atoms with van der Waals surface area (Å²) < 4.78 is 0. The molecule has 136 valence electrons. The molecule has 0 unspecified atom stereocenters. The van der Waals surface area contributed by atoms with Gasteiger partial charge in [0.15, 0.2) is 0 Å². The molecular weight excluding hydrogens is 358 g/mol. The van der Waals surface area contributed by atoms with Crippen molar-refractivity contribution in [3.8, 4) is 10.4 Å². The lowest BCUT2D eigenvalue weighted by Crippen LogP contribution is -2.38. The summed E-state index contributed by atoms with van der Waals surface area (Å²) in [6.45, 7) is -0.104. The van der Waals surface area contributed by atoms with Gasteiger partial charge < -0.3 is 15.4 Å². The summed E-state index contributed by atoms with van der Waals surface area (Å²) in [5.41, 5.74) is 2.96. The summed E-state index contributed by atoms with van der Waals surface area (Å²) in [6, 6.07) is 17.2. The molecule has 0 bridgehead atoms. The molecule has 3 N–H and O–H groups in total. The van der Waals surface area contributed by atoms with Gasteiger partial charge in [-0.3, -0.25) is 4.79 Å². The normalized spacial score (nSPS) is 12.2. The average Bonchev–Trinajstić information content (AvgIpc) is 3.37. The molecule has 0 spiro atoms. The van der Waals surface area contributed by atoms with Crippen LogP contribution < -0.4 is 5.32 Å². The Bertz CT molecular complexity index is 1060. The van der Waals surface area contributed by atoms with Crippen molar-refractivity contribution in [2.24, 2.45) is 0 Å². The second-order valence-corrected chi connectivity index (χ2v) is 7.39. The van der Waals surface area contributed by atoms with Gasteiger partial charge in [0.1, 0.15) is 5.65 Å². The van der Waals surface area contributed by atoms with E-state index in [1.54, 1.807) is 6.20 Å². The fourth-order valence-corrected chi connectivity index (χ4v) is 4.05.